The van der Waals surface area contributed by atoms with E-state index in [1.54, 1.807) is 0 Å². The lowest BCUT2D eigenvalue weighted by molar-refractivity contribution is 0.287. The third-order valence-corrected chi connectivity index (χ3v) is 4.28. The molecule has 0 aliphatic carbocycles. The van der Waals surface area contributed by atoms with Crippen LogP contribution in [0.5, 0.6) is 0 Å². The van der Waals surface area contributed by atoms with Gasteiger partial charge in [-0.1, -0.05) is 13.8 Å². The van der Waals surface area contributed by atoms with Crippen molar-refractivity contribution in [3.8, 4) is 0 Å². The van der Waals surface area contributed by atoms with Crippen LogP contribution in [0.2, 0.25) is 0 Å². The van der Waals surface area contributed by atoms with E-state index in [0.29, 0.717) is 6.04 Å². The summed E-state index contributed by atoms with van der Waals surface area (Å²) in [7, 11) is 0. The van der Waals surface area contributed by atoms with E-state index in [4.69, 9.17) is 0 Å². The molecule has 4 nitrogen and oxygen atoms in total. The molecule has 1 atom stereocenters. The summed E-state index contributed by atoms with van der Waals surface area (Å²) >= 11 is 0. The topological polar surface area (TPSA) is 33.1 Å². The van der Waals surface area contributed by atoms with Crippen molar-refractivity contribution in [2.75, 3.05) is 26.2 Å². The number of hydrogen-bond donors (Lipinski definition) is 1. The molecule has 2 rings (SSSR count). The summed E-state index contributed by atoms with van der Waals surface area (Å²) in [5, 5.41) is 3.38. The molecule has 19 heavy (non-hydrogen) atoms. The Morgan fingerprint density at radius 2 is 2.21 bits per heavy atom. The Bertz CT molecular complexity index is 381. The highest BCUT2D eigenvalue weighted by molar-refractivity contribution is 5.17. The van der Waals surface area contributed by atoms with Crippen molar-refractivity contribution >= 4 is 0 Å². The highest BCUT2D eigenvalue weighted by atomic mass is 15.1. The van der Waals surface area contributed by atoms with Crippen LogP contribution in [0, 0.1) is 0 Å². The lowest BCUT2D eigenvalue weighted by atomic mass is 10.1. The molecule has 1 aliphatic rings. The first-order chi connectivity index (χ1) is 9.26. The van der Waals surface area contributed by atoms with Gasteiger partial charge >= 0.3 is 0 Å². The molecule has 0 fully saturated rings. The summed E-state index contributed by atoms with van der Waals surface area (Å²) in [4.78, 5) is 7.04. The molecule has 1 aliphatic heterocycles. The van der Waals surface area contributed by atoms with Crippen LogP contribution in [0.15, 0.2) is 6.33 Å². The third-order valence-electron chi connectivity index (χ3n) is 4.28. The van der Waals surface area contributed by atoms with E-state index >= 15 is 0 Å². The maximum atomic E-state index is 4.54. The number of nitrogens with one attached hydrogen (secondary N) is 1. The number of nitrogens with zero attached hydrogens (tertiary/aromatic N) is 3. The van der Waals surface area contributed by atoms with Gasteiger partial charge in [-0.2, -0.15) is 0 Å². The summed E-state index contributed by atoms with van der Waals surface area (Å²) in [6.07, 6.45) is 5.68. The maximum absolute atomic E-state index is 4.54. The van der Waals surface area contributed by atoms with Crippen molar-refractivity contribution in [3.05, 3.63) is 17.7 Å². The van der Waals surface area contributed by atoms with Gasteiger partial charge in [-0.3, -0.25) is 0 Å². The van der Waals surface area contributed by atoms with E-state index in [1.807, 2.05) is 6.33 Å². The van der Waals surface area contributed by atoms with Crippen molar-refractivity contribution < 1.29 is 0 Å². The van der Waals surface area contributed by atoms with Crippen LogP contribution >= 0.6 is 0 Å². The Labute approximate surface area is 117 Å². The Balaban J connectivity index is 1.86. The van der Waals surface area contributed by atoms with Crippen LogP contribution in [0.4, 0.5) is 0 Å². The van der Waals surface area contributed by atoms with E-state index in [2.05, 4.69) is 40.5 Å². The van der Waals surface area contributed by atoms with Crippen LogP contribution in [0.1, 0.15) is 51.0 Å². The predicted molar refractivity (Wildman–Crippen MR) is 79.4 cm³/mol. The zero-order valence-corrected chi connectivity index (χ0v) is 12.7. The second kappa shape index (κ2) is 7.06. The molecule has 0 saturated heterocycles. The van der Waals surface area contributed by atoms with Gasteiger partial charge in [0.05, 0.1) is 12.0 Å². The summed E-state index contributed by atoms with van der Waals surface area (Å²) in [6.45, 7) is 12.4. The first-order valence-electron chi connectivity index (χ1n) is 7.73. The first-order valence-corrected chi connectivity index (χ1v) is 7.73. The quantitative estimate of drug-likeness (QED) is 0.819. The number of fused-ring (bicyclic) bond motifs is 1. The largest absolute Gasteiger partial charge is 0.331 e. The highest BCUT2D eigenvalue weighted by Crippen LogP contribution is 2.20. The minimum atomic E-state index is 0.574. The predicted octanol–water partition coefficient (Wildman–Crippen LogP) is 2.21. The molecule has 0 radical (unpaired) electrons. The molecule has 1 aromatic heterocycles. The normalized spacial score (nSPS) is 16.6. The van der Waals surface area contributed by atoms with Crippen LogP contribution in [-0.4, -0.2) is 40.6 Å². The number of rotatable bonds is 7. The van der Waals surface area contributed by atoms with Gasteiger partial charge < -0.3 is 14.8 Å². The molecular weight excluding hydrogens is 236 g/mol. The zero-order valence-electron chi connectivity index (χ0n) is 12.7. The average molecular weight is 264 g/mol. The van der Waals surface area contributed by atoms with Crippen molar-refractivity contribution in [2.24, 2.45) is 0 Å². The van der Waals surface area contributed by atoms with Gasteiger partial charge in [-0.25, -0.2) is 4.98 Å². The van der Waals surface area contributed by atoms with E-state index in [9.17, 15) is 0 Å². The molecule has 0 bridgehead atoms. The van der Waals surface area contributed by atoms with Crippen molar-refractivity contribution in [3.63, 3.8) is 0 Å². The summed E-state index contributed by atoms with van der Waals surface area (Å²) < 4.78 is 2.40. The number of hydrogen-bond acceptors (Lipinski definition) is 3. The Hall–Kier alpha value is -0.870. The van der Waals surface area contributed by atoms with E-state index in [0.717, 1.165) is 32.6 Å². The SMILES string of the molecule is CCN(CC)CCCC(C)n1cnc2c1CCNC2. The van der Waals surface area contributed by atoms with Gasteiger partial charge in [0.2, 0.25) is 0 Å². The minimum absolute atomic E-state index is 0.574. The molecule has 1 aromatic rings. The van der Waals surface area contributed by atoms with Crippen molar-refractivity contribution in [1.82, 2.24) is 19.8 Å². The first kappa shape index (κ1) is 14.5. The summed E-state index contributed by atoms with van der Waals surface area (Å²) in [5.41, 5.74) is 2.70. The fourth-order valence-electron chi connectivity index (χ4n) is 2.93. The molecule has 2 heterocycles. The molecule has 0 spiro atoms. The van der Waals surface area contributed by atoms with E-state index in [1.165, 1.54) is 30.8 Å². The molecule has 1 unspecified atom stereocenters. The van der Waals surface area contributed by atoms with Gasteiger partial charge in [0, 0.05) is 31.2 Å². The van der Waals surface area contributed by atoms with Gasteiger partial charge in [0.15, 0.2) is 0 Å². The summed E-state index contributed by atoms with van der Waals surface area (Å²) in [5.74, 6) is 0. The standard InChI is InChI=1S/C15H28N4/c1-4-18(5-2)10-6-7-13(3)19-12-17-14-11-16-9-8-15(14)19/h12-13,16H,4-11H2,1-3H3. The smallest absolute Gasteiger partial charge is 0.0954 e. The van der Waals surface area contributed by atoms with Crippen LogP contribution in [-0.2, 0) is 13.0 Å². The van der Waals surface area contributed by atoms with E-state index in [-0.39, 0.29) is 0 Å². The van der Waals surface area contributed by atoms with Crippen LogP contribution < -0.4 is 5.32 Å². The average Bonchev–Trinajstić information content (AvgIpc) is 2.87. The fraction of sp³-hybridized carbons (Fsp3) is 0.800. The van der Waals surface area contributed by atoms with Crippen molar-refractivity contribution in [2.45, 2.75) is 52.6 Å². The molecule has 108 valence electrons. The number of aromatic nitrogens is 2. The molecule has 0 saturated carbocycles. The molecular formula is C15H28N4. The van der Waals surface area contributed by atoms with Gasteiger partial charge in [0.25, 0.3) is 0 Å². The summed E-state index contributed by atoms with van der Waals surface area (Å²) in [6, 6.07) is 0.574. The van der Waals surface area contributed by atoms with Crippen LogP contribution in [0.25, 0.3) is 0 Å². The molecule has 0 amide bonds. The van der Waals surface area contributed by atoms with Gasteiger partial charge in [-0.05, 0) is 39.4 Å². The number of imidazole rings is 1. The van der Waals surface area contributed by atoms with Gasteiger partial charge in [0.1, 0.15) is 0 Å². The third kappa shape index (κ3) is 3.57. The molecule has 1 N–H and O–H groups in total. The fourth-order valence-corrected chi connectivity index (χ4v) is 2.93. The van der Waals surface area contributed by atoms with Gasteiger partial charge in [-0.15, -0.1) is 0 Å². The zero-order chi connectivity index (χ0) is 13.7. The van der Waals surface area contributed by atoms with Crippen molar-refractivity contribution in [1.29, 1.82) is 0 Å². The Morgan fingerprint density at radius 1 is 1.42 bits per heavy atom. The Kier molecular flexibility index (Phi) is 5.40. The highest BCUT2D eigenvalue weighted by Gasteiger charge is 2.17. The Morgan fingerprint density at radius 3 is 2.95 bits per heavy atom. The maximum Gasteiger partial charge on any atom is 0.0954 e. The minimum Gasteiger partial charge on any atom is -0.331 e. The second-order valence-electron chi connectivity index (χ2n) is 5.49. The monoisotopic (exact) mass is 264 g/mol. The second-order valence-corrected chi connectivity index (χ2v) is 5.49. The lowest BCUT2D eigenvalue weighted by Crippen LogP contribution is -2.26. The van der Waals surface area contributed by atoms with Crippen LogP contribution in [0.3, 0.4) is 0 Å². The lowest BCUT2D eigenvalue weighted by Gasteiger charge is -2.22. The van der Waals surface area contributed by atoms with E-state index < -0.39 is 0 Å². The molecule has 4 heteroatoms. The molecule has 0 aromatic carbocycles.